The molecular formula is C17H20N4O2. The van der Waals surface area contributed by atoms with Crippen LogP contribution in [0.1, 0.15) is 13.8 Å². The fraction of sp³-hybridized carbons (Fsp3) is 0.294. The maximum atomic E-state index is 10.0. The third kappa shape index (κ3) is 2.98. The lowest BCUT2D eigenvalue weighted by molar-refractivity contribution is 0.249. The van der Waals surface area contributed by atoms with Crippen molar-refractivity contribution in [3.8, 4) is 17.0 Å². The van der Waals surface area contributed by atoms with Gasteiger partial charge in [-0.1, -0.05) is 26.0 Å². The van der Waals surface area contributed by atoms with E-state index in [0.29, 0.717) is 17.0 Å². The molecule has 3 aromatic rings. The zero-order valence-corrected chi connectivity index (χ0v) is 13.1. The van der Waals surface area contributed by atoms with Crippen LogP contribution < -0.4 is 5.32 Å². The highest BCUT2D eigenvalue weighted by molar-refractivity contribution is 5.92. The van der Waals surface area contributed by atoms with Crippen molar-refractivity contribution in [3.63, 3.8) is 0 Å². The number of anilines is 1. The Kier molecular flexibility index (Phi) is 4.16. The fourth-order valence-electron chi connectivity index (χ4n) is 2.50. The van der Waals surface area contributed by atoms with Gasteiger partial charge in [-0.05, 0) is 24.1 Å². The number of phenols is 1. The van der Waals surface area contributed by atoms with Crippen molar-refractivity contribution in [2.45, 2.75) is 19.9 Å². The van der Waals surface area contributed by atoms with Crippen molar-refractivity contribution in [2.24, 2.45) is 5.92 Å². The van der Waals surface area contributed by atoms with Crippen LogP contribution in [0, 0.1) is 5.92 Å². The molecule has 6 nitrogen and oxygen atoms in total. The number of benzene rings is 1. The van der Waals surface area contributed by atoms with Crippen molar-refractivity contribution < 1.29 is 10.2 Å². The molecule has 6 heteroatoms. The Bertz CT molecular complexity index is 813. The monoisotopic (exact) mass is 312 g/mol. The van der Waals surface area contributed by atoms with Crippen molar-refractivity contribution in [1.29, 1.82) is 0 Å². The molecule has 0 spiro atoms. The largest absolute Gasteiger partial charge is 0.507 e. The number of para-hydroxylation sites is 1. The van der Waals surface area contributed by atoms with E-state index in [-0.39, 0.29) is 24.3 Å². The van der Waals surface area contributed by atoms with Gasteiger partial charge >= 0.3 is 0 Å². The molecule has 0 saturated heterocycles. The van der Waals surface area contributed by atoms with Crippen molar-refractivity contribution in [3.05, 3.63) is 36.7 Å². The normalized spacial score (nSPS) is 12.7. The summed E-state index contributed by atoms with van der Waals surface area (Å²) in [6, 6.07) is 8.95. The van der Waals surface area contributed by atoms with Gasteiger partial charge in [-0.25, -0.2) is 9.97 Å². The minimum absolute atomic E-state index is 0.0277. The van der Waals surface area contributed by atoms with Gasteiger partial charge in [-0.3, -0.25) is 0 Å². The number of nitrogens with one attached hydrogen (secondary N) is 2. The summed E-state index contributed by atoms with van der Waals surface area (Å²) in [5.74, 6) is 1.14. The standard InChI is InChI=1S/C17H20N4O2/c1-10(2)14(8-22)21-17-12-7-13(20-16(12)18-9-19-17)11-5-3-4-6-15(11)23/h3-7,9-10,14,22-23H,8H2,1-2H3,(H2,18,19,20,21)/t14-/m0/s1. The van der Waals surface area contributed by atoms with Gasteiger partial charge in [-0.15, -0.1) is 0 Å². The summed E-state index contributed by atoms with van der Waals surface area (Å²) in [7, 11) is 0. The highest BCUT2D eigenvalue weighted by atomic mass is 16.3. The molecule has 4 N–H and O–H groups in total. The van der Waals surface area contributed by atoms with E-state index in [0.717, 1.165) is 11.1 Å². The molecule has 0 unspecified atom stereocenters. The Morgan fingerprint density at radius 2 is 2.00 bits per heavy atom. The summed E-state index contributed by atoms with van der Waals surface area (Å²) in [5.41, 5.74) is 2.16. The van der Waals surface area contributed by atoms with Crippen LogP contribution in [0.15, 0.2) is 36.7 Å². The van der Waals surface area contributed by atoms with E-state index >= 15 is 0 Å². The predicted octanol–water partition coefficient (Wildman–Crippen LogP) is 2.76. The average Bonchev–Trinajstić information content (AvgIpc) is 2.97. The van der Waals surface area contributed by atoms with Crippen LogP contribution in [0.5, 0.6) is 5.75 Å². The number of aliphatic hydroxyl groups excluding tert-OH is 1. The first kappa shape index (κ1) is 15.3. The Hall–Kier alpha value is -2.60. The zero-order chi connectivity index (χ0) is 16.4. The minimum Gasteiger partial charge on any atom is -0.507 e. The summed E-state index contributed by atoms with van der Waals surface area (Å²) >= 11 is 0. The second-order valence-corrected chi connectivity index (χ2v) is 5.86. The van der Waals surface area contributed by atoms with Crippen molar-refractivity contribution >= 4 is 16.9 Å². The molecule has 0 fully saturated rings. The zero-order valence-electron chi connectivity index (χ0n) is 13.1. The third-order valence-electron chi connectivity index (χ3n) is 3.94. The van der Waals surface area contributed by atoms with Crippen LogP contribution in [-0.4, -0.2) is 37.8 Å². The molecule has 1 aromatic carbocycles. The van der Waals surface area contributed by atoms with E-state index < -0.39 is 0 Å². The second kappa shape index (κ2) is 6.26. The van der Waals surface area contributed by atoms with Crippen LogP contribution >= 0.6 is 0 Å². The maximum Gasteiger partial charge on any atom is 0.143 e. The van der Waals surface area contributed by atoms with Crippen LogP contribution in [0.2, 0.25) is 0 Å². The Morgan fingerprint density at radius 1 is 1.22 bits per heavy atom. The van der Waals surface area contributed by atoms with Gasteiger partial charge in [0.1, 0.15) is 23.5 Å². The molecule has 0 radical (unpaired) electrons. The highest BCUT2D eigenvalue weighted by Gasteiger charge is 2.16. The smallest absolute Gasteiger partial charge is 0.143 e. The van der Waals surface area contributed by atoms with Crippen LogP contribution in [-0.2, 0) is 0 Å². The van der Waals surface area contributed by atoms with Crippen molar-refractivity contribution in [2.75, 3.05) is 11.9 Å². The lowest BCUT2D eigenvalue weighted by atomic mass is 10.1. The summed E-state index contributed by atoms with van der Waals surface area (Å²) in [6.07, 6.45) is 1.48. The lowest BCUT2D eigenvalue weighted by Gasteiger charge is -2.20. The number of phenolic OH excluding ortho intramolecular Hbond substituents is 1. The fourth-order valence-corrected chi connectivity index (χ4v) is 2.50. The Balaban J connectivity index is 2.03. The predicted molar refractivity (Wildman–Crippen MR) is 90.3 cm³/mol. The van der Waals surface area contributed by atoms with E-state index in [1.165, 1.54) is 6.33 Å². The number of hydrogen-bond donors (Lipinski definition) is 4. The summed E-state index contributed by atoms with van der Waals surface area (Å²) in [5, 5.41) is 23.6. The van der Waals surface area contributed by atoms with Crippen molar-refractivity contribution in [1.82, 2.24) is 15.0 Å². The molecule has 2 heterocycles. The molecule has 23 heavy (non-hydrogen) atoms. The van der Waals surface area contributed by atoms with Crippen LogP contribution in [0.3, 0.4) is 0 Å². The topological polar surface area (TPSA) is 94.1 Å². The number of hydrogen-bond acceptors (Lipinski definition) is 5. The molecule has 0 aliphatic heterocycles. The number of fused-ring (bicyclic) bond motifs is 1. The van der Waals surface area contributed by atoms with Crippen LogP contribution in [0.25, 0.3) is 22.3 Å². The molecule has 0 aliphatic carbocycles. The average molecular weight is 312 g/mol. The number of aromatic amines is 1. The molecular weight excluding hydrogens is 292 g/mol. The molecule has 0 bridgehead atoms. The quantitative estimate of drug-likeness (QED) is 0.581. The van der Waals surface area contributed by atoms with E-state index in [9.17, 15) is 10.2 Å². The molecule has 2 aromatic heterocycles. The Morgan fingerprint density at radius 3 is 2.70 bits per heavy atom. The van der Waals surface area contributed by atoms with Gasteiger partial charge in [0.2, 0.25) is 0 Å². The van der Waals surface area contributed by atoms with Gasteiger partial charge in [0.15, 0.2) is 0 Å². The van der Waals surface area contributed by atoms with E-state index in [4.69, 9.17) is 0 Å². The number of rotatable bonds is 5. The van der Waals surface area contributed by atoms with Gasteiger partial charge in [0.25, 0.3) is 0 Å². The van der Waals surface area contributed by atoms with Gasteiger partial charge in [-0.2, -0.15) is 0 Å². The number of H-pyrrole nitrogens is 1. The molecule has 120 valence electrons. The number of aliphatic hydroxyl groups is 1. The number of aromatic hydroxyl groups is 1. The molecule has 3 rings (SSSR count). The summed E-state index contributed by atoms with van der Waals surface area (Å²) < 4.78 is 0. The van der Waals surface area contributed by atoms with Gasteiger partial charge in [0.05, 0.1) is 23.7 Å². The summed E-state index contributed by atoms with van der Waals surface area (Å²) in [4.78, 5) is 11.7. The minimum atomic E-state index is -0.0865. The van der Waals surface area contributed by atoms with E-state index in [1.807, 2.05) is 32.0 Å². The third-order valence-corrected chi connectivity index (χ3v) is 3.94. The SMILES string of the molecule is CC(C)[C@H](CO)Nc1ncnc2[nH]c(-c3ccccc3O)cc12. The van der Waals surface area contributed by atoms with Gasteiger partial charge < -0.3 is 20.5 Å². The summed E-state index contributed by atoms with van der Waals surface area (Å²) in [6.45, 7) is 4.10. The molecule has 1 atom stereocenters. The van der Waals surface area contributed by atoms with Crippen LogP contribution in [0.4, 0.5) is 5.82 Å². The second-order valence-electron chi connectivity index (χ2n) is 5.86. The highest BCUT2D eigenvalue weighted by Crippen LogP contribution is 2.32. The maximum absolute atomic E-state index is 10.0. The van der Waals surface area contributed by atoms with Gasteiger partial charge in [0, 0.05) is 5.56 Å². The number of nitrogens with zero attached hydrogens (tertiary/aromatic N) is 2. The lowest BCUT2D eigenvalue weighted by Crippen LogP contribution is -2.29. The first-order chi connectivity index (χ1) is 11.1. The number of aromatic nitrogens is 3. The molecule has 0 amide bonds. The molecule has 0 aliphatic rings. The molecule has 0 saturated carbocycles. The van der Waals surface area contributed by atoms with E-state index in [2.05, 4.69) is 20.3 Å². The first-order valence-electron chi connectivity index (χ1n) is 7.59. The Labute approximate surface area is 134 Å². The van der Waals surface area contributed by atoms with E-state index in [1.54, 1.807) is 12.1 Å². The first-order valence-corrected chi connectivity index (χ1v) is 7.59.